The molecule has 2 heterocycles. The van der Waals surface area contributed by atoms with Crippen LogP contribution in [0.1, 0.15) is 30.3 Å². The van der Waals surface area contributed by atoms with Gasteiger partial charge in [0.1, 0.15) is 5.82 Å². The Kier molecular flexibility index (Phi) is 3.33. The topological polar surface area (TPSA) is 52.2 Å². The summed E-state index contributed by atoms with van der Waals surface area (Å²) in [7, 11) is 0. The number of hydrogen-bond acceptors (Lipinski definition) is 3. The summed E-state index contributed by atoms with van der Waals surface area (Å²) in [6.45, 7) is 6.18. The molecule has 108 valence electrons. The molecular weight excluding hydrogens is 264 g/mol. The largest absolute Gasteiger partial charge is 0.300 e. The van der Waals surface area contributed by atoms with E-state index in [1.54, 1.807) is 15.2 Å². The lowest BCUT2D eigenvalue weighted by molar-refractivity contribution is 0.812. The molecule has 1 aromatic carbocycles. The van der Waals surface area contributed by atoms with Crippen LogP contribution in [-0.4, -0.2) is 19.2 Å². The number of fused-ring (bicyclic) bond motifs is 1. The Labute approximate surface area is 122 Å². The predicted molar refractivity (Wildman–Crippen MR) is 82.1 cm³/mol. The Morgan fingerprint density at radius 3 is 2.62 bits per heavy atom. The smallest absolute Gasteiger partial charge is 0.280 e. The number of benzene rings is 1. The van der Waals surface area contributed by atoms with Crippen molar-refractivity contribution in [2.75, 3.05) is 0 Å². The standard InChI is InChI=1S/C16H18N4O/c1-4-5-14-17-18-15-16(21)19(8-9-20(14)15)13-7-6-11(2)12(3)10-13/h6-10H,4-5H2,1-3H3. The Morgan fingerprint density at radius 2 is 1.90 bits per heavy atom. The molecule has 0 aliphatic heterocycles. The quantitative estimate of drug-likeness (QED) is 0.741. The molecule has 0 saturated heterocycles. The van der Waals surface area contributed by atoms with E-state index < -0.39 is 0 Å². The van der Waals surface area contributed by atoms with Crippen LogP contribution in [0.3, 0.4) is 0 Å². The van der Waals surface area contributed by atoms with Gasteiger partial charge in [0, 0.05) is 24.5 Å². The molecule has 0 aliphatic rings. The van der Waals surface area contributed by atoms with Gasteiger partial charge in [-0.1, -0.05) is 13.0 Å². The van der Waals surface area contributed by atoms with E-state index in [9.17, 15) is 4.79 Å². The molecule has 5 nitrogen and oxygen atoms in total. The van der Waals surface area contributed by atoms with Crippen LogP contribution in [0.4, 0.5) is 0 Å². The number of rotatable bonds is 3. The summed E-state index contributed by atoms with van der Waals surface area (Å²) < 4.78 is 3.40. The first kappa shape index (κ1) is 13.5. The van der Waals surface area contributed by atoms with Crippen molar-refractivity contribution in [3.8, 4) is 5.69 Å². The average molecular weight is 282 g/mol. The summed E-state index contributed by atoms with van der Waals surface area (Å²) in [5.74, 6) is 0.830. The van der Waals surface area contributed by atoms with Crippen molar-refractivity contribution >= 4 is 5.65 Å². The van der Waals surface area contributed by atoms with E-state index in [0.717, 1.165) is 29.9 Å². The fourth-order valence-electron chi connectivity index (χ4n) is 2.41. The summed E-state index contributed by atoms with van der Waals surface area (Å²) in [4.78, 5) is 12.6. The van der Waals surface area contributed by atoms with Crippen LogP contribution in [-0.2, 0) is 6.42 Å². The molecule has 2 aromatic heterocycles. The Hall–Kier alpha value is -2.43. The van der Waals surface area contributed by atoms with Gasteiger partial charge in [0.2, 0.25) is 5.65 Å². The van der Waals surface area contributed by atoms with E-state index >= 15 is 0 Å². The van der Waals surface area contributed by atoms with E-state index in [1.807, 2.05) is 31.3 Å². The molecule has 0 aliphatic carbocycles. The first-order chi connectivity index (χ1) is 10.1. The third kappa shape index (κ3) is 2.24. The lowest BCUT2D eigenvalue weighted by Gasteiger charge is -2.08. The third-order valence-electron chi connectivity index (χ3n) is 3.78. The summed E-state index contributed by atoms with van der Waals surface area (Å²) in [5.41, 5.74) is 3.45. The van der Waals surface area contributed by atoms with Crippen molar-refractivity contribution in [2.45, 2.75) is 33.6 Å². The second kappa shape index (κ2) is 5.16. The fourth-order valence-corrected chi connectivity index (χ4v) is 2.41. The Balaban J connectivity index is 2.18. The molecule has 0 N–H and O–H groups in total. The van der Waals surface area contributed by atoms with Gasteiger partial charge in [0.15, 0.2) is 0 Å². The molecule has 3 aromatic rings. The SMILES string of the molecule is CCCc1nnc2c(=O)n(-c3ccc(C)c(C)c3)ccn12. The number of aryl methyl sites for hydroxylation is 3. The van der Waals surface area contributed by atoms with Gasteiger partial charge >= 0.3 is 5.56 Å². The fraction of sp³-hybridized carbons (Fsp3) is 0.312. The lowest BCUT2D eigenvalue weighted by Crippen LogP contribution is -2.20. The molecule has 5 heteroatoms. The first-order valence-electron chi connectivity index (χ1n) is 7.14. The lowest BCUT2D eigenvalue weighted by atomic mass is 10.1. The molecule has 0 fully saturated rings. The first-order valence-corrected chi connectivity index (χ1v) is 7.14. The maximum absolute atomic E-state index is 12.6. The zero-order valence-electron chi connectivity index (χ0n) is 12.5. The Bertz CT molecular complexity index is 860. The molecule has 0 atom stereocenters. The molecule has 0 amide bonds. The van der Waals surface area contributed by atoms with Gasteiger partial charge in [-0.3, -0.25) is 13.8 Å². The van der Waals surface area contributed by atoms with Crippen LogP contribution < -0.4 is 5.56 Å². The van der Waals surface area contributed by atoms with Crippen LogP contribution in [0.25, 0.3) is 11.3 Å². The maximum Gasteiger partial charge on any atom is 0.300 e. The van der Waals surface area contributed by atoms with Crippen molar-refractivity contribution in [3.05, 3.63) is 57.9 Å². The van der Waals surface area contributed by atoms with Crippen LogP contribution in [0.5, 0.6) is 0 Å². The van der Waals surface area contributed by atoms with Crippen LogP contribution in [0, 0.1) is 13.8 Å². The second-order valence-corrected chi connectivity index (χ2v) is 5.30. The molecule has 0 unspecified atom stereocenters. The average Bonchev–Trinajstić information content (AvgIpc) is 2.87. The van der Waals surface area contributed by atoms with Crippen LogP contribution in [0.2, 0.25) is 0 Å². The van der Waals surface area contributed by atoms with Crippen molar-refractivity contribution in [2.24, 2.45) is 0 Å². The van der Waals surface area contributed by atoms with Crippen LogP contribution in [0.15, 0.2) is 35.4 Å². The van der Waals surface area contributed by atoms with E-state index in [0.29, 0.717) is 5.65 Å². The highest BCUT2D eigenvalue weighted by atomic mass is 16.1. The van der Waals surface area contributed by atoms with Gasteiger partial charge in [-0.2, -0.15) is 0 Å². The molecule has 0 spiro atoms. The molecule has 3 rings (SSSR count). The summed E-state index contributed by atoms with van der Waals surface area (Å²) >= 11 is 0. The van der Waals surface area contributed by atoms with Crippen molar-refractivity contribution < 1.29 is 0 Å². The van der Waals surface area contributed by atoms with Gasteiger partial charge in [0.25, 0.3) is 0 Å². The second-order valence-electron chi connectivity index (χ2n) is 5.30. The molecule has 0 bridgehead atoms. The van der Waals surface area contributed by atoms with Gasteiger partial charge in [-0.15, -0.1) is 10.2 Å². The molecular formula is C16H18N4O. The van der Waals surface area contributed by atoms with Crippen molar-refractivity contribution in [3.63, 3.8) is 0 Å². The van der Waals surface area contributed by atoms with Gasteiger partial charge in [-0.05, 0) is 43.5 Å². The molecule has 0 radical (unpaired) electrons. The van der Waals surface area contributed by atoms with Crippen molar-refractivity contribution in [1.29, 1.82) is 0 Å². The highest BCUT2D eigenvalue weighted by Gasteiger charge is 2.11. The van der Waals surface area contributed by atoms with Gasteiger partial charge in [-0.25, -0.2) is 0 Å². The minimum atomic E-state index is -0.143. The number of aromatic nitrogens is 4. The minimum absolute atomic E-state index is 0.143. The zero-order valence-corrected chi connectivity index (χ0v) is 12.5. The summed E-state index contributed by atoms with van der Waals surface area (Å²) in [5, 5.41) is 8.15. The predicted octanol–water partition coefficient (Wildman–Crippen LogP) is 2.45. The van der Waals surface area contributed by atoms with Crippen molar-refractivity contribution in [1.82, 2.24) is 19.2 Å². The monoisotopic (exact) mass is 282 g/mol. The molecule has 0 saturated carbocycles. The Morgan fingerprint density at radius 1 is 1.10 bits per heavy atom. The van der Waals surface area contributed by atoms with E-state index in [-0.39, 0.29) is 5.56 Å². The highest BCUT2D eigenvalue weighted by molar-refractivity contribution is 5.43. The zero-order chi connectivity index (χ0) is 15.0. The number of nitrogens with zero attached hydrogens (tertiary/aromatic N) is 4. The summed E-state index contributed by atoms with van der Waals surface area (Å²) in [6.07, 6.45) is 5.42. The number of hydrogen-bond donors (Lipinski definition) is 0. The van der Waals surface area contributed by atoms with E-state index in [1.165, 1.54) is 5.56 Å². The van der Waals surface area contributed by atoms with E-state index in [4.69, 9.17) is 0 Å². The third-order valence-corrected chi connectivity index (χ3v) is 3.78. The summed E-state index contributed by atoms with van der Waals surface area (Å²) in [6, 6.07) is 5.98. The van der Waals surface area contributed by atoms with Gasteiger partial charge in [0.05, 0.1) is 0 Å². The normalized spacial score (nSPS) is 11.2. The van der Waals surface area contributed by atoms with Crippen LogP contribution >= 0.6 is 0 Å². The van der Waals surface area contributed by atoms with Gasteiger partial charge < -0.3 is 0 Å². The molecule has 21 heavy (non-hydrogen) atoms. The minimum Gasteiger partial charge on any atom is -0.280 e. The maximum atomic E-state index is 12.6. The highest BCUT2D eigenvalue weighted by Crippen LogP contribution is 2.13. The van der Waals surface area contributed by atoms with E-state index in [2.05, 4.69) is 24.0 Å².